The van der Waals surface area contributed by atoms with E-state index in [9.17, 15) is 0 Å². The van der Waals surface area contributed by atoms with Crippen LogP contribution in [0.5, 0.6) is 0 Å². The molecule has 0 atom stereocenters. The Bertz CT molecular complexity index is 448. The number of hydrogen-bond acceptors (Lipinski definition) is 2. The summed E-state index contributed by atoms with van der Waals surface area (Å²) in [6.45, 7) is 0. The van der Waals surface area contributed by atoms with Gasteiger partial charge in [0.05, 0.1) is 9.23 Å². The predicted octanol–water partition coefficient (Wildman–Crippen LogP) is 4.58. The van der Waals surface area contributed by atoms with Crippen molar-refractivity contribution in [3.8, 4) is 0 Å². The van der Waals surface area contributed by atoms with E-state index in [1.807, 2.05) is 18.2 Å². The van der Waals surface area contributed by atoms with E-state index in [0.29, 0.717) is 5.88 Å². The van der Waals surface area contributed by atoms with Gasteiger partial charge < -0.3 is 0 Å². The number of hydrogen-bond donors (Lipinski definition) is 1. The summed E-state index contributed by atoms with van der Waals surface area (Å²) in [5, 5.41) is 1.78. The molecular formula is C9H6Cl2S2. The average Bonchev–Trinajstić information content (AvgIpc) is 2.43. The largest absolute Gasteiger partial charge is 0.131 e. The van der Waals surface area contributed by atoms with E-state index < -0.39 is 0 Å². The number of halogens is 2. The fourth-order valence-corrected chi connectivity index (χ4v) is 3.21. The lowest BCUT2D eigenvalue weighted by atomic mass is 10.2. The van der Waals surface area contributed by atoms with Gasteiger partial charge in [0.1, 0.15) is 0 Å². The minimum atomic E-state index is 0.515. The Morgan fingerprint density at radius 2 is 2.15 bits per heavy atom. The number of fused-ring (bicyclic) bond motifs is 1. The molecule has 68 valence electrons. The van der Waals surface area contributed by atoms with Crippen molar-refractivity contribution in [2.75, 3.05) is 0 Å². The topological polar surface area (TPSA) is 0 Å². The van der Waals surface area contributed by atoms with Gasteiger partial charge in [-0.25, -0.2) is 0 Å². The molecule has 0 fully saturated rings. The summed E-state index contributed by atoms with van der Waals surface area (Å²) in [7, 11) is 0. The molecule has 4 heteroatoms. The van der Waals surface area contributed by atoms with Gasteiger partial charge in [-0.1, -0.05) is 29.8 Å². The molecule has 0 amide bonds. The molecule has 0 saturated heterocycles. The second-order valence-electron chi connectivity index (χ2n) is 2.65. The molecule has 1 aromatic heterocycles. The number of benzene rings is 1. The summed E-state index contributed by atoms with van der Waals surface area (Å²) >= 11 is 17.7. The number of alkyl halides is 1. The summed E-state index contributed by atoms with van der Waals surface area (Å²) in [5.74, 6) is 0.515. The van der Waals surface area contributed by atoms with Crippen molar-refractivity contribution >= 4 is 57.3 Å². The van der Waals surface area contributed by atoms with Crippen LogP contribution in [0.4, 0.5) is 0 Å². The molecule has 1 heterocycles. The van der Waals surface area contributed by atoms with Crippen LogP contribution in [0, 0.1) is 0 Å². The summed E-state index contributed by atoms with van der Waals surface area (Å²) < 4.78 is 2.00. The number of thiol groups is 1. The van der Waals surface area contributed by atoms with Crippen LogP contribution in [0.15, 0.2) is 22.4 Å². The molecule has 0 N–H and O–H groups in total. The van der Waals surface area contributed by atoms with Crippen molar-refractivity contribution in [2.24, 2.45) is 0 Å². The molecule has 0 saturated carbocycles. The van der Waals surface area contributed by atoms with Crippen LogP contribution in [-0.2, 0) is 5.88 Å². The normalized spacial score (nSPS) is 11.0. The smallest absolute Gasteiger partial charge is 0.0767 e. The number of thiophene rings is 1. The van der Waals surface area contributed by atoms with Crippen LogP contribution >= 0.6 is 47.2 Å². The summed E-state index contributed by atoms with van der Waals surface area (Å²) in [6, 6.07) is 5.96. The van der Waals surface area contributed by atoms with Crippen LogP contribution in [0.1, 0.15) is 5.56 Å². The van der Waals surface area contributed by atoms with Crippen LogP contribution in [0.2, 0.25) is 5.02 Å². The van der Waals surface area contributed by atoms with Crippen LogP contribution in [-0.4, -0.2) is 0 Å². The Balaban J connectivity index is 2.84. The van der Waals surface area contributed by atoms with E-state index in [1.165, 1.54) is 0 Å². The third-order valence-corrected chi connectivity index (χ3v) is 4.37. The molecular weight excluding hydrogens is 243 g/mol. The second kappa shape index (κ2) is 3.70. The van der Waals surface area contributed by atoms with Crippen molar-refractivity contribution in [3.63, 3.8) is 0 Å². The van der Waals surface area contributed by atoms with Gasteiger partial charge in [-0.15, -0.1) is 35.6 Å². The standard InChI is InChI=1S/C9H6Cl2S2/c10-4-5-2-1-3-6-7(11)9(12)13-8(5)6/h1-3,12H,4H2. The third kappa shape index (κ3) is 1.57. The fourth-order valence-electron chi connectivity index (χ4n) is 1.24. The van der Waals surface area contributed by atoms with Crippen molar-refractivity contribution in [1.29, 1.82) is 0 Å². The highest BCUT2D eigenvalue weighted by Crippen LogP contribution is 2.39. The first kappa shape index (κ1) is 9.66. The number of rotatable bonds is 1. The highest BCUT2D eigenvalue weighted by Gasteiger charge is 2.09. The summed E-state index contributed by atoms with van der Waals surface area (Å²) in [6.07, 6.45) is 0. The predicted molar refractivity (Wildman–Crippen MR) is 63.6 cm³/mol. The zero-order valence-electron chi connectivity index (χ0n) is 6.55. The summed E-state index contributed by atoms with van der Waals surface area (Å²) in [4.78, 5) is 0. The Kier molecular flexibility index (Phi) is 2.75. The molecule has 13 heavy (non-hydrogen) atoms. The molecule has 0 spiro atoms. The maximum atomic E-state index is 6.06. The molecule has 0 aliphatic rings. The first-order valence-electron chi connectivity index (χ1n) is 3.69. The molecule has 0 bridgehead atoms. The SMILES string of the molecule is Sc1sc2c(CCl)cccc2c1Cl. The lowest BCUT2D eigenvalue weighted by Gasteiger charge is -1.96. The second-order valence-corrected chi connectivity index (χ2v) is 5.06. The van der Waals surface area contributed by atoms with Crippen LogP contribution in [0.3, 0.4) is 0 Å². The molecule has 0 aliphatic heterocycles. The third-order valence-electron chi connectivity index (χ3n) is 1.86. The lowest BCUT2D eigenvalue weighted by molar-refractivity contribution is 1.47. The van der Waals surface area contributed by atoms with Crippen molar-refractivity contribution < 1.29 is 0 Å². The first-order valence-corrected chi connectivity index (χ1v) is 5.86. The van der Waals surface area contributed by atoms with E-state index in [0.717, 1.165) is 24.9 Å². The van der Waals surface area contributed by atoms with Gasteiger partial charge in [0, 0.05) is 16.0 Å². The molecule has 2 aromatic rings. The molecule has 0 aliphatic carbocycles. The van der Waals surface area contributed by atoms with Crippen molar-refractivity contribution in [1.82, 2.24) is 0 Å². The highest BCUT2D eigenvalue weighted by molar-refractivity contribution is 7.83. The average molecular weight is 249 g/mol. The van der Waals surface area contributed by atoms with E-state index in [-0.39, 0.29) is 0 Å². The quantitative estimate of drug-likeness (QED) is 0.555. The first-order chi connectivity index (χ1) is 6.24. The van der Waals surface area contributed by atoms with Gasteiger partial charge in [0.2, 0.25) is 0 Å². The zero-order valence-corrected chi connectivity index (χ0v) is 9.77. The van der Waals surface area contributed by atoms with Crippen LogP contribution in [0.25, 0.3) is 10.1 Å². The molecule has 1 aromatic carbocycles. The van der Waals surface area contributed by atoms with E-state index in [4.69, 9.17) is 23.2 Å². The zero-order chi connectivity index (χ0) is 9.42. The highest BCUT2D eigenvalue weighted by atomic mass is 35.5. The molecule has 0 radical (unpaired) electrons. The Labute approximate surface area is 95.9 Å². The minimum Gasteiger partial charge on any atom is -0.131 e. The van der Waals surface area contributed by atoms with E-state index >= 15 is 0 Å². The monoisotopic (exact) mass is 248 g/mol. The van der Waals surface area contributed by atoms with Crippen LogP contribution < -0.4 is 0 Å². The van der Waals surface area contributed by atoms with Crippen molar-refractivity contribution in [2.45, 2.75) is 10.1 Å². The summed E-state index contributed by atoms with van der Waals surface area (Å²) in [5.41, 5.74) is 1.12. The maximum absolute atomic E-state index is 6.06. The maximum Gasteiger partial charge on any atom is 0.0767 e. The van der Waals surface area contributed by atoms with Gasteiger partial charge >= 0.3 is 0 Å². The van der Waals surface area contributed by atoms with Gasteiger partial charge in [-0.05, 0) is 5.56 Å². The van der Waals surface area contributed by atoms with E-state index in [1.54, 1.807) is 11.3 Å². The van der Waals surface area contributed by atoms with Gasteiger partial charge in [-0.3, -0.25) is 0 Å². The van der Waals surface area contributed by atoms with E-state index in [2.05, 4.69) is 12.6 Å². The van der Waals surface area contributed by atoms with Gasteiger partial charge in [-0.2, -0.15) is 0 Å². The molecule has 0 nitrogen and oxygen atoms in total. The van der Waals surface area contributed by atoms with Gasteiger partial charge in [0.25, 0.3) is 0 Å². The minimum absolute atomic E-state index is 0.515. The van der Waals surface area contributed by atoms with Crippen molar-refractivity contribution in [3.05, 3.63) is 28.8 Å². The molecule has 2 rings (SSSR count). The Morgan fingerprint density at radius 3 is 2.85 bits per heavy atom. The van der Waals surface area contributed by atoms with Gasteiger partial charge in [0.15, 0.2) is 0 Å². The Morgan fingerprint density at radius 1 is 1.38 bits per heavy atom. The lowest BCUT2D eigenvalue weighted by Crippen LogP contribution is -1.75. The fraction of sp³-hybridized carbons (Fsp3) is 0.111. The Hall–Kier alpha value is 0.110. The molecule has 0 unspecified atom stereocenters.